The number of morpholine rings is 1. The molecular weight excluding hydrogens is 516 g/mol. The standard InChI is InChI=1S/C30H29F2N5O3/c1-18-14-20(40-27-7-3-5-23(31)28(27)32)8-9-26(18)37-30(33)22(16-34-37)29(38)25-15-21-19(4-2-6-24(21)35-25)17-36-10-12-39-13-11-36/h2-9,14-15,34-35H,10-13,16-17,33H2,1H3. The van der Waals surface area contributed by atoms with Crippen molar-refractivity contribution in [3.63, 3.8) is 0 Å². The van der Waals surface area contributed by atoms with Gasteiger partial charge in [-0.1, -0.05) is 18.2 Å². The number of nitrogens with two attached hydrogens (primary N) is 1. The molecule has 0 aliphatic carbocycles. The van der Waals surface area contributed by atoms with E-state index in [2.05, 4.69) is 21.4 Å². The Hall–Kier alpha value is -4.25. The monoisotopic (exact) mass is 545 g/mol. The van der Waals surface area contributed by atoms with Crippen molar-refractivity contribution in [3.8, 4) is 11.5 Å². The number of H-pyrrole nitrogens is 1. The molecule has 1 aromatic heterocycles. The molecule has 10 heteroatoms. The van der Waals surface area contributed by atoms with Gasteiger partial charge in [0.15, 0.2) is 11.6 Å². The zero-order valence-electron chi connectivity index (χ0n) is 22.0. The number of carbonyl (C=O) groups excluding carboxylic acids is 1. The van der Waals surface area contributed by atoms with Gasteiger partial charge in [0.05, 0.1) is 30.2 Å². The van der Waals surface area contributed by atoms with Crippen LogP contribution in [0.1, 0.15) is 21.6 Å². The molecule has 6 rings (SSSR count). The number of carbonyl (C=O) groups is 1. The minimum Gasteiger partial charge on any atom is -0.454 e. The number of hydrazine groups is 1. The van der Waals surface area contributed by atoms with Gasteiger partial charge in [0.1, 0.15) is 11.6 Å². The average Bonchev–Trinajstić information content (AvgIpc) is 3.56. The van der Waals surface area contributed by atoms with Gasteiger partial charge in [-0.05, 0) is 60.5 Å². The van der Waals surface area contributed by atoms with Gasteiger partial charge in [-0.3, -0.25) is 14.7 Å². The Morgan fingerprint density at radius 3 is 2.67 bits per heavy atom. The number of ether oxygens (including phenoxy) is 2. The van der Waals surface area contributed by atoms with E-state index in [0.717, 1.165) is 60.9 Å². The largest absolute Gasteiger partial charge is 0.454 e. The Morgan fingerprint density at radius 2 is 1.88 bits per heavy atom. The lowest BCUT2D eigenvalue weighted by Gasteiger charge is -2.26. The SMILES string of the molecule is Cc1cc(Oc2cccc(F)c2F)ccc1N1NCC(C(=O)c2cc3c(CN4CCOCC4)cccc3[nH]2)=C1N. The Kier molecular flexibility index (Phi) is 6.97. The van der Waals surface area contributed by atoms with E-state index in [0.29, 0.717) is 28.5 Å². The van der Waals surface area contributed by atoms with Crippen molar-refractivity contribution < 1.29 is 23.0 Å². The Balaban J connectivity index is 1.22. The first-order chi connectivity index (χ1) is 19.4. The highest BCUT2D eigenvalue weighted by atomic mass is 19.2. The molecule has 0 radical (unpaired) electrons. The summed E-state index contributed by atoms with van der Waals surface area (Å²) in [6, 6.07) is 16.8. The molecule has 0 bridgehead atoms. The van der Waals surface area contributed by atoms with Crippen LogP contribution in [0, 0.1) is 18.6 Å². The van der Waals surface area contributed by atoms with E-state index in [9.17, 15) is 13.6 Å². The van der Waals surface area contributed by atoms with Gasteiger partial charge < -0.3 is 20.2 Å². The molecule has 0 amide bonds. The predicted octanol–water partition coefficient (Wildman–Crippen LogP) is 4.76. The maximum Gasteiger partial charge on any atom is 0.210 e. The second-order valence-electron chi connectivity index (χ2n) is 9.92. The molecule has 0 saturated carbocycles. The summed E-state index contributed by atoms with van der Waals surface area (Å²) < 4.78 is 38.6. The number of hydrogen-bond acceptors (Lipinski definition) is 7. The fourth-order valence-electron chi connectivity index (χ4n) is 5.15. The minimum absolute atomic E-state index is 0.180. The molecule has 2 aliphatic heterocycles. The lowest BCUT2D eigenvalue weighted by Crippen LogP contribution is -2.35. The van der Waals surface area contributed by atoms with E-state index >= 15 is 0 Å². The zero-order chi connectivity index (χ0) is 27.8. The van der Waals surface area contributed by atoms with Crippen molar-refractivity contribution in [3.05, 3.63) is 101 Å². The summed E-state index contributed by atoms with van der Waals surface area (Å²) in [5.74, 6) is -1.78. The first-order valence-corrected chi connectivity index (χ1v) is 13.1. The number of aromatic amines is 1. The number of halogens is 2. The highest BCUT2D eigenvalue weighted by molar-refractivity contribution is 6.11. The van der Waals surface area contributed by atoms with Crippen LogP contribution in [0.25, 0.3) is 10.9 Å². The topological polar surface area (TPSA) is 95.9 Å². The van der Waals surface area contributed by atoms with E-state index in [4.69, 9.17) is 15.2 Å². The number of nitrogens with zero attached hydrogens (tertiary/aromatic N) is 2. The fourth-order valence-corrected chi connectivity index (χ4v) is 5.15. The summed E-state index contributed by atoms with van der Waals surface area (Å²) in [4.78, 5) is 19.2. The van der Waals surface area contributed by atoms with Gasteiger partial charge in [0, 0.05) is 37.1 Å². The third-order valence-electron chi connectivity index (χ3n) is 7.29. The average molecular weight is 546 g/mol. The van der Waals surface area contributed by atoms with Gasteiger partial charge in [-0.2, -0.15) is 4.39 Å². The van der Waals surface area contributed by atoms with E-state index in [1.54, 1.807) is 23.2 Å². The second-order valence-corrected chi connectivity index (χ2v) is 9.92. The van der Waals surface area contributed by atoms with Crippen LogP contribution in [-0.2, 0) is 11.3 Å². The highest BCUT2D eigenvalue weighted by Crippen LogP contribution is 2.32. The maximum absolute atomic E-state index is 14.0. The van der Waals surface area contributed by atoms with Crippen LogP contribution >= 0.6 is 0 Å². The maximum atomic E-state index is 14.0. The molecule has 0 unspecified atom stereocenters. The number of fused-ring (bicyclic) bond motifs is 1. The summed E-state index contributed by atoms with van der Waals surface area (Å²) in [6.07, 6.45) is 0. The molecule has 3 aromatic carbocycles. The van der Waals surface area contributed by atoms with Crippen molar-refractivity contribution in [1.29, 1.82) is 0 Å². The Bertz CT molecular complexity index is 1630. The zero-order valence-corrected chi connectivity index (χ0v) is 22.0. The van der Waals surface area contributed by atoms with E-state index < -0.39 is 11.6 Å². The number of rotatable bonds is 7. The smallest absolute Gasteiger partial charge is 0.210 e. The summed E-state index contributed by atoms with van der Waals surface area (Å²) in [7, 11) is 0. The van der Waals surface area contributed by atoms with Crippen LogP contribution in [0.3, 0.4) is 0 Å². The summed E-state index contributed by atoms with van der Waals surface area (Å²) in [6.45, 7) is 6.10. The van der Waals surface area contributed by atoms with Crippen LogP contribution in [0.5, 0.6) is 11.5 Å². The second kappa shape index (κ2) is 10.7. The molecule has 1 saturated heterocycles. The number of ketones is 1. The van der Waals surface area contributed by atoms with Crippen LogP contribution in [0.4, 0.5) is 14.5 Å². The van der Waals surface area contributed by atoms with E-state index in [1.165, 1.54) is 12.1 Å². The number of benzene rings is 3. The van der Waals surface area contributed by atoms with Crippen LogP contribution in [-0.4, -0.2) is 48.5 Å². The first-order valence-electron chi connectivity index (χ1n) is 13.1. The van der Waals surface area contributed by atoms with Crippen molar-refractivity contribution in [2.24, 2.45) is 5.73 Å². The highest BCUT2D eigenvalue weighted by Gasteiger charge is 2.29. The predicted molar refractivity (Wildman–Crippen MR) is 148 cm³/mol. The quantitative estimate of drug-likeness (QED) is 0.288. The number of hydrogen-bond donors (Lipinski definition) is 3. The van der Waals surface area contributed by atoms with Gasteiger partial charge in [0.25, 0.3) is 0 Å². The molecule has 4 N–H and O–H groups in total. The molecule has 2 aliphatic rings. The number of aryl methyl sites for hydroxylation is 1. The minimum atomic E-state index is -1.05. The molecular formula is C30H29F2N5O3. The summed E-state index contributed by atoms with van der Waals surface area (Å²) in [5, 5.41) is 2.67. The van der Waals surface area contributed by atoms with E-state index in [-0.39, 0.29) is 18.1 Å². The van der Waals surface area contributed by atoms with Crippen molar-refractivity contribution in [2.75, 3.05) is 37.9 Å². The van der Waals surface area contributed by atoms with Gasteiger partial charge in [0.2, 0.25) is 11.6 Å². The van der Waals surface area contributed by atoms with Gasteiger partial charge >= 0.3 is 0 Å². The molecule has 40 heavy (non-hydrogen) atoms. The molecule has 0 spiro atoms. The van der Waals surface area contributed by atoms with Gasteiger partial charge in [-0.25, -0.2) is 9.82 Å². The molecule has 3 heterocycles. The Morgan fingerprint density at radius 1 is 1.07 bits per heavy atom. The molecule has 0 atom stereocenters. The van der Waals surface area contributed by atoms with E-state index in [1.807, 2.05) is 25.1 Å². The fraction of sp³-hybridized carbons (Fsp3) is 0.233. The summed E-state index contributed by atoms with van der Waals surface area (Å²) >= 11 is 0. The number of anilines is 1. The number of aromatic nitrogens is 1. The van der Waals surface area contributed by atoms with Gasteiger partial charge in [-0.15, -0.1) is 0 Å². The molecule has 8 nitrogen and oxygen atoms in total. The van der Waals surface area contributed by atoms with Crippen molar-refractivity contribution in [2.45, 2.75) is 13.5 Å². The molecule has 4 aromatic rings. The third-order valence-corrected chi connectivity index (χ3v) is 7.29. The lowest BCUT2D eigenvalue weighted by atomic mass is 10.1. The molecule has 206 valence electrons. The van der Waals surface area contributed by atoms with Crippen molar-refractivity contribution >= 4 is 22.4 Å². The van der Waals surface area contributed by atoms with Crippen LogP contribution in [0.15, 0.2) is 72.1 Å². The van der Waals surface area contributed by atoms with Crippen LogP contribution in [0.2, 0.25) is 0 Å². The number of nitrogens with one attached hydrogen (secondary N) is 2. The summed E-state index contributed by atoms with van der Waals surface area (Å²) in [5.41, 5.74) is 14.1. The van der Waals surface area contributed by atoms with Crippen molar-refractivity contribution in [1.82, 2.24) is 15.3 Å². The molecule has 1 fully saturated rings. The third kappa shape index (κ3) is 4.92. The number of Topliss-reactive ketones (excluding diaryl/α,β-unsaturated/α-hetero) is 1. The lowest BCUT2D eigenvalue weighted by molar-refractivity contribution is 0.0344. The first kappa shape index (κ1) is 26.0. The van der Waals surface area contributed by atoms with Crippen LogP contribution < -0.4 is 20.9 Å². The normalized spacial score (nSPS) is 16.2. The Labute approximate surface area is 229 Å².